The van der Waals surface area contributed by atoms with Gasteiger partial charge in [-0.2, -0.15) is 8.42 Å². The number of halogens is 1. The topological polar surface area (TPSA) is 71.0 Å². The fourth-order valence-corrected chi connectivity index (χ4v) is 6.07. The minimum Gasteiger partial charge on any atom is -0.379 e. The summed E-state index contributed by atoms with van der Waals surface area (Å²) in [4.78, 5) is 2.40. The first-order valence-corrected chi connectivity index (χ1v) is 11.9. The molecule has 1 atom stereocenters. The number of rotatable bonds is 4. The molecular formula is C15H20ClN3O3S2. The molecule has 1 aromatic carbocycles. The van der Waals surface area contributed by atoms with Gasteiger partial charge in [0.25, 0.3) is 10.0 Å². The third-order valence-corrected chi connectivity index (χ3v) is 7.54. The second-order valence-electron chi connectivity index (χ2n) is 5.72. The van der Waals surface area contributed by atoms with Crippen LogP contribution in [0.25, 0.3) is 0 Å². The molecule has 0 aromatic heterocycles. The van der Waals surface area contributed by atoms with Gasteiger partial charge in [0.15, 0.2) is 5.17 Å². The van der Waals surface area contributed by atoms with Gasteiger partial charge in [-0.3, -0.25) is 4.90 Å². The first-order chi connectivity index (χ1) is 11.4. The number of ether oxygens (including phenoxy) is 1. The van der Waals surface area contributed by atoms with Crippen molar-refractivity contribution in [1.29, 1.82) is 0 Å². The molecule has 9 heteroatoms. The zero-order valence-electron chi connectivity index (χ0n) is 13.3. The summed E-state index contributed by atoms with van der Waals surface area (Å²) in [6.45, 7) is 3.80. The molecule has 0 saturated carbocycles. The molecule has 0 aliphatic carbocycles. The highest BCUT2D eigenvalue weighted by Crippen LogP contribution is 2.55. The highest BCUT2D eigenvalue weighted by atomic mass is 35.7. The molecule has 0 amide bonds. The molecule has 1 unspecified atom stereocenters. The van der Waals surface area contributed by atoms with Gasteiger partial charge in [0.05, 0.1) is 18.1 Å². The third kappa shape index (κ3) is 4.12. The SMILES string of the molecule is CS1(Cl)C=C(CN2CCOCC2)N/C1=N\S(=O)(=O)c1ccccc1. The van der Waals surface area contributed by atoms with Crippen molar-refractivity contribution in [3.05, 3.63) is 41.4 Å². The average molecular weight is 390 g/mol. The lowest BCUT2D eigenvalue weighted by Crippen LogP contribution is -2.39. The number of hydrogen-bond donors (Lipinski definition) is 1. The maximum absolute atomic E-state index is 12.4. The standard InChI is InChI=1S/C15H20ClN3O3S2/c1-23(16)12-13(11-19-7-9-22-10-8-19)17-15(23)18-24(20,21)14-5-3-2-4-6-14/h2-6,12H,7-11H2,1H3,(H,17,18). The van der Waals surface area contributed by atoms with Crippen molar-refractivity contribution in [3.8, 4) is 0 Å². The molecule has 0 radical (unpaired) electrons. The predicted molar refractivity (Wildman–Crippen MR) is 98.9 cm³/mol. The molecule has 0 bridgehead atoms. The summed E-state index contributed by atoms with van der Waals surface area (Å²) in [7, 11) is 0.853. The van der Waals surface area contributed by atoms with E-state index in [-0.39, 0.29) is 4.90 Å². The Labute approximate surface area is 148 Å². The Morgan fingerprint density at radius 3 is 2.62 bits per heavy atom. The van der Waals surface area contributed by atoms with Gasteiger partial charge in [-0.25, -0.2) is 0 Å². The number of nitrogens with zero attached hydrogens (tertiary/aromatic N) is 2. The smallest absolute Gasteiger partial charge is 0.284 e. The Hall–Kier alpha value is -1.06. The van der Waals surface area contributed by atoms with E-state index in [4.69, 9.17) is 15.4 Å². The van der Waals surface area contributed by atoms with Crippen molar-refractivity contribution in [1.82, 2.24) is 10.2 Å². The molecule has 2 aliphatic rings. The zero-order chi connectivity index (χ0) is 17.2. The number of hydrogen-bond acceptors (Lipinski definition) is 4. The molecule has 1 saturated heterocycles. The number of morpholine rings is 1. The Kier molecular flexibility index (Phi) is 5.22. The van der Waals surface area contributed by atoms with Gasteiger partial charge >= 0.3 is 0 Å². The van der Waals surface area contributed by atoms with Gasteiger partial charge in [0, 0.05) is 25.3 Å². The van der Waals surface area contributed by atoms with E-state index in [0.29, 0.717) is 24.9 Å². The van der Waals surface area contributed by atoms with Gasteiger partial charge in [-0.15, -0.1) is 4.40 Å². The molecule has 3 rings (SSSR count). The van der Waals surface area contributed by atoms with Crippen LogP contribution in [0.4, 0.5) is 0 Å². The van der Waals surface area contributed by atoms with Crippen molar-refractivity contribution in [3.63, 3.8) is 0 Å². The van der Waals surface area contributed by atoms with E-state index >= 15 is 0 Å². The molecule has 1 aromatic rings. The predicted octanol–water partition coefficient (Wildman–Crippen LogP) is 2.10. The second-order valence-corrected chi connectivity index (χ2v) is 11.6. The molecule has 132 valence electrons. The van der Waals surface area contributed by atoms with E-state index in [0.717, 1.165) is 18.8 Å². The number of amidine groups is 1. The lowest BCUT2D eigenvalue weighted by molar-refractivity contribution is 0.0419. The van der Waals surface area contributed by atoms with Gasteiger partial charge in [-0.05, 0) is 23.8 Å². The van der Waals surface area contributed by atoms with Crippen LogP contribution in [0.2, 0.25) is 0 Å². The van der Waals surface area contributed by atoms with E-state index < -0.39 is 19.3 Å². The van der Waals surface area contributed by atoms with Crippen LogP contribution in [0.1, 0.15) is 0 Å². The summed E-state index contributed by atoms with van der Waals surface area (Å²) in [5.41, 5.74) is 0.895. The average Bonchev–Trinajstić information content (AvgIpc) is 2.82. The minimum absolute atomic E-state index is 0.160. The summed E-state index contributed by atoms with van der Waals surface area (Å²) in [6, 6.07) is 8.15. The fraction of sp³-hybridized carbons (Fsp3) is 0.400. The number of benzene rings is 1. The Balaban J connectivity index is 1.78. The molecular weight excluding hydrogens is 370 g/mol. The molecule has 6 nitrogen and oxygen atoms in total. The van der Waals surface area contributed by atoms with Crippen molar-refractivity contribution < 1.29 is 13.2 Å². The van der Waals surface area contributed by atoms with Gasteiger partial charge in [-0.1, -0.05) is 38.1 Å². The van der Waals surface area contributed by atoms with Crippen molar-refractivity contribution >= 4 is 35.1 Å². The van der Waals surface area contributed by atoms with Gasteiger partial charge in [0.2, 0.25) is 0 Å². The van der Waals surface area contributed by atoms with Crippen LogP contribution < -0.4 is 5.32 Å². The normalized spacial score (nSPS) is 29.8. The maximum Gasteiger partial charge on any atom is 0.284 e. The first kappa shape index (κ1) is 17.8. The van der Waals surface area contributed by atoms with Crippen molar-refractivity contribution in [2.24, 2.45) is 4.40 Å². The van der Waals surface area contributed by atoms with E-state index in [1.54, 1.807) is 18.2 Å². The van der Waals surface area contributed by atoms with Crippen molar-refractivity contribution in [2.75, 3.05) is 39.1 Å². The highest BCUT2D eigenvalue weighted by molar-refractivity contribution is 8.62. The van der Waals surface area contributed by atoms with E-state index in [1.807, 2.05) is 11.7 Å². The van der Waals surface area contributed by atoms with E-state index in [2.05, 4.69) is 14.6 Å². The molecule has 1 N–H and O–H groups in total. The second kappa shape index (κ2) is 7.05. The molecule has 2 heterocycles. The fourth-order valence-electron chi connectivity index (χ4n) is 2.52. The summed E-state index contributed by atoms with van der Waals surface area (Å²) < 4.78 is 34.2. The lowest BCUT2D eigenvalue weighted by atomic mass is 10.3. The molecule has 1 fully saturated rings. The van der Waals surface area contributed by atoms with E-state index in [1.165, 1.54) is 12.1 Å². The van der Waals surface area contributed by atoms with Crippen LogP contribution in [0.15, 0.2) is 50.7 Å². The first-order valence-electron chi connectivity index (χ1n) is 7.52. The van der Waals surface area contributed by atoms with Gasteiger partial charge in [0.1, 0.15) is 0 Å². The van der Waals surface area contributed by atoms with Crippen LogP contribution >= 0.6 is 19.9 Å². The van der Waals surface area contributed by atoms with Crippen molar-refractivity contribution in [2.45, 2.75) is 4.90 Å². The molecule has 24 heavy (non-hydrogen) atoms. The highest BCUT2D eigenvalue weighted by Gasteiger charge is 2.31. The summed E-state index contributed by atoms with van der Waals surface area (Å²) in [6.07, 6.45) is 1.81. The lowest BCUT2D eigenvalue weighted by Gasteiger charge is -2.26. The summed E-state index contributed by atoms with van der Waals surface area (Å²) in [5, 5.41) is 5.33. The Morgan fingerprint density at radius 1 is 1.29 bits per heavy atom. The van der Waals surface area contributed by atoms with E-state index in [9.17, 15) is 8.42 Å². The zero-order valence-corrected chi connectivity index (χ0v) is 15.7. The monoisotopic (exact) mass is 389 g/mol. The van der Waals surface area contributed by atoms with Crippen LogP contribution in [0.5, 0.6) is 0 Å². The Bertz CT molecular complexity index is 757. The number of sulfonamides is 1. The Morgan fingerprint density at radius 2 is 1.96 bits per heavy atom. The van der Waals surface area contributed by atoms with Crippen LogP contribution in [0.3, 0.4) is 0 Å². The third-order valence-electron chi connectivity index (χ3n) is 3.75. The van der Waals surface area contributed by atoms with Crippen LogP contribution in [-0.2, 0) is 14.8 Å². The van der Waals surface area contributed by atoms with Gasteiger partial charge < -0.3 is 10.1 Å². The maximum atomic E-state index is 12.4. The molecule has 2 aliphatic heterocycles. The van der Waals surface area contributed by atoms with Crippen LogP contribution in [-0.4, -0.2) is 57.6 Å². The minimum atomic E-state index is -3.78. The summed E-state index contributed by atoms with van der Waals surface area (Å²) >= 11 is 0. The number of nitrogens with one attached hydrogen (secondary N) is 1. The van der Waals surface area contributed by atoms with Crippen LogP contribution in [0, 0.1) is 0 Å². The summed E-state index contributed by atoms with van der Waals surface area (Å²) in [5.74, 6) is 0. The quantitative estimate of drug-likeness (QED) is 0.853. The largest absolute Gasteiger partial charge is 0.379 e. The molecule has 0 spiro atoms.